The van der Waals surface area contributed by atoms with E-state index in [9.17, 15) is 9.59 Å². The van der Waals surface area contributed by atoms with Crippen molar-refractivity contribution in [2.75, 3.05) is 6.61 Å². The molecule has 0 N–H and O–H groups in total. The van der Waals surface area contributed by atoms with E-state index in [4.69, 9.17) is 16.3 Å². The van der Waals surface area contributed by atoms with E-state index < -0.39 is 5.97 Å². The van der Waals surface area contributed by atoms with Gasteiger partial charge in [-0.05, 0) is 31.2 Å². The molecule has 0 spiro atoms. The van der Waals surface area contributed by atoms with E-state index in [1.807, 2.05) is 0 Å². The summed E-state index contributed by atoms with van der Waals surface area (Å²) in [5.74, 6) is -0.418. The monoisotopic (exact) mass is 328 g/mol. The minimum atomic E-state index is -0.418. The first kappa shape index (κ1) is 15.2. The third kappa shape index (κ3) is 2.83. The van der Waals surface area contributed by atoms with Gasteiger partial charge >= 0.3 is 5.97 Å². The average Bonchev–Trinajstić information content (AvgIpc) is 2.93. The van der Waals surface area contributed by atoms with Crippen molar-refractivity contribution in [3.05, 3.63) is 58.9 Å². The molecular weight excluding hydrogens is 316 g/mol. The molecule has 0 unspecified atom stereocenters. The Balaban J connectivity index is 2.14. The Morgan fingerprint density at radius 3 is 2.70 bits per heavy atom. The summed E-state index contributed by atoms with van der Waals surface area (Å²) in [6, 6.07) is 10.3. The van der Waals surface area contributed by atoms with Crippen molar-refractivity contribution in [1.29, 1.82) is 0 Å². The third-order valence-electron chi connectivity index (χ3n) is 3.40. The van der Waals surface area contributed by atoms with Crippen LogP contribution in [0.1, 0.15) is 27.8 Å². The highest BCUT2D eigenvalue weighted by molar-refractivity contribution is 6.30. The number of carbonyl (C=O) groups excluding carboxylic acids is 2. The Hall–Kier alpha value is -2.66. The van der Waals surface area contributed by atoms with Gasteiger partial charge in [-0.3, -0.25) is 9.20 Å². The Labute approximate surface area is 137 Å². The number of hydrogen-bond acceptors (Lipinski definition) is 4. The van der Waals surface area contributed by atoms with E-state index in [1.165, 1.54) is 0 Å². The van der Waals surface area contributed by atoms with Gasteiger partial charge in [0.05, 0.1) is 12.2 Å². The van der Waals surface area contributed by atoms with E-state index in [1.54, 1.807) is 53.9 Å². The summed E-state index contributed by atoms with van der Waals surface area (Å²) in [5.41, 5.74) is 2.63. The van der Waals surface area contributed by atoms with Gasteiger partial charge in [-0.2, -0.15) is 0 Å². The van der Waals surface area contributed by atoms with Gasteiger partial charge < -0.3 is 4.74 Å². The molecule has 0 atom stereocenters. The Morgan fingerprint density at radius 2 is 2.04 bits per heavy atom. The summed E-state index contributed by atoms with van der Waals surface area (Å²) < 4.78 is 6.62. The van der Waals surface area contributed by atoms with Crippen LogP contribution in [-0.4, -0.2) is 28.2 Å². The normalized spacial score (nSPS) is 10.7. The average molecular weight is 329 g/mol. The summed E-state index contributed by atoms with van der Waals surface area (Å²) >= 11 is 5.89. The van der Waals surface area contributed by atoms with Gasteiger partial charge in [-0.15, -0.1) is 0 Å². The first-order valence-corrected chi connectivity index (χ1v) is 7.42. The molecule has 0 aliphatic rings. The lowest BCUT2D eigenvalue weighted by Crippen LogP contribution is -2.05. The molecule has 6 heteroatoms. The predicted octanol–water partition coefficient (Wildman–Crippen LogP) is 3.64. The Bertz CT molecular complexity index is 885. The number of aldehydes is 1. The quantitative estimate of drug-likeness (QED) is 0.542. The maximum absolute atomic E-state index is 11.8. The van der Waals surface area contributed by atoms with Gasteiger partial charge in [0.2, 0.25) is 0 Å². The van der Waals surface area contributed by atoms with Crippen molar-refractivity contribution >= 4 is 29.5 Å². The van der Waals surface area contributed by atoms with Crippen LogP contribution in [0.25, 0.3) is 16.9 Å². The second-order valence-corrected chi connectivity index (χ2v) is 5.27. The van der Waals surface area contributed by atoms with E-state index >= 15 is 0 Å². The lowest BCUT2D eigenvalue weighted by atomic mass is 10.1. The summed E-state index contributed by atoms with van der Waals surface area (Å²) in [6.07, 6.45) is 2.38. The van der Waals surface area contributed by atoms with Gasteiger partial charge in [-0.25, -0.2) is 9.78 Å². The smallest absolute Gasteiger partial charge is 0.338 e. The fourth-order valence-electron chi connectivity index (χ4n) is 2.34. The predicted molar refractivity (Wildman–Crippen MR) is 87.0 cm³/mol. The van der Waals surface area contributed by atoms with E-state index in [2.05, 4.69) is 4.98 Å². The number of ether oxygens (including phenoxy) is 1. The van der Waals surface area contributed by atoms with E-state index in [0.717, 1.165) is 11.8 Å². The molecular formula is C17H13ClN2O3. The van der Waals surface area contributed by atoms with Crippen LogP contribution in [0.3, 0.4) is 0 Å². The van der Waals surface area contributed by atoms with Crippen LogP contribution < -0.4 is 0 Å². The van der Waals surface area contributed by atoms with Gasteiger partial charge in [0.15, 0.2) is 6.29 Å². The number of rotatable bonds is 4. The van der Waals surface area contributed by atoms with Crippen molar-refractivity contribution < 1.29 is 14.3 Å². The molecule has 0 bridgehead atoms. The van der Waals surface area contributed by atoms with Crippen LogP contribution in [-0.2, 0) is 4.74 Å². The standard InChI is InChI=1S/C17H13ClN2O3/c1-2-23-17(22)12-7-8-20-14(10-21)16(19-15(20)9-12)11-3-5-13(18)6-4-11/h3-10H,2H2,1H3. The maximum atomic E-state index is 11.8. The zero-order valence-corrected chi connectivity index (χ0v) is 13.1. The number of pyridine rings is 1. The lowest BCUT2D eigenvalue weighted by Gasteiger charge is -2.02. The molecule has 0 amide bonds. The molecule has 0 aliphatic heterocycles. The van der Waals surface area contributed by atoms with Crippen LogP contribution in [0.15, 0.2) is 42.6 Å². The molecule has 5 nitrogen and oxygen atoms in total. The Kier molecular flexibility index (Phi) is 4.12. The second-order valence-electron chi connectivity index (χ2n) is 4.83. The summed E-state index contributed by atoms with van der Waals surface area (Å²) in [5, 5.41) is 0.606. The molecule has 2 heterocycles. The highest BCUT2D eigenvalue weighted by atomic mass is 35.5. The van der Waals surface area contributed by atoms with E-state index in [-0.39, 0.29) is 0 Å². The van der Waals surface area contributed by atoms with Gasteiger partial charge in [0, 0.05) is 16.8 Å². The molecule has 2 aromatic heterocycles. The zero-order valence-electron chi connectivity index (χ0n) is 12.3. The maximum Gasteiger partial charge on any atom is 0.338 e. The number of esters is 1. The number of fused-ring (bicyclic) bond motifs is 1. The lowest BCUT2D eigenvalue weighted by molar-refractivity contribution is 0.0526. The van der Waals surface area contributed by atoms with Gasteiger partial charge in [0.25, 0.3) is 0 Å². The fourth-order valence-corrected chi connectivity index (χ4v) is 2.46. The van der Waals surface area contributed by atoms with Gasteiger partial charge in [-0.1, -0.05) is 23.7 Å². The van der Waals surface area contributed by atoms with Crippen LogP contribution >= 0.6 is 11.6 Å². The number of carbonyl (C=O) groups is 2. The molecule has 3 aromatic rings. The largest absolute Gasteiger partial charge is 0.462 e. The van der Waals surface area contributed by atoms with Crippen molar-refractivity contribution in [1.82, 2.24) is 9.38 Å². The number of hydrogen-bond donors (Lipinski definition) is 0. The van der Waals surface area contributed by atoms with Crippen molar-refractivity contribution in [3.63, 3.8) is 0 Å². The summed E-state index contributed by atoms with van der Waals surface area (Å²) in [4.78, 5) is 27.8. The molecule has 0 saturated carbocycles. The number of halogens is 1. The third-order valence-corrected chi connectivity index (χ3v) is 3.66. The molecule has 3 rings (SSSR count). The van der Waals surface area contributed by atoms with Crippen LogP contribution in [0.2, 0.25) is 5.02 Å². The fraction of sp³-hybridized carbons (Fsp3) is 0.118. The zero-order chi connectivity index (χ0) is 16.4. The molecule has 23 heavy (non-hydrogen) atoms. The van der Waals surface area contributed by atoms with Crippen LogP contribution in [0.4, 0.5) is 0 Å². The molecule has 0 fully saturated rings. The van der Waals surface area contributed by atoms with Crippen molar-refractivity contribution in [3.8, 4) is 11.3 Å². The molecule has 116 valence electrons. The topological polar surface area (TPSA) is 60.7 Å². The minimum Gasteiger partial charge on any atom is -0.462 e. The van der Waals surface area contributed by atoms with E-state index in [0.29, 0.717) is 34.2 Å². The minimum absolute atomic E-state index is 0.300. The number of imidazole rings is 1. The van der Waals surface area contributed by atoms with Crippen molar-refractivity contribution in [2.24, 2.45) is 0 Å². The highest BCUT2D eigenvalue weighted by Gasteiger charge is 2.15. The number of nitrogens with zero attached hydrogens (tertiary/aromatic N) is 2. The van der Waals surface area contributed by atoms with Gasteiger partial charge in [0.1, 0.15) is 17.0 Å². The number of benzene rings is 1. The molecule has 1 aromatic carbocycles. The number of aromatic nitrogens is 2. The van der Waals surface area contributed by atoms with Crippen molar-refractivity contribution in [2.45, 2.75) is 6.92 Å². The summed E-state index contributed by atoms with van der Waals surface area (Å²) in [7, 11) is 0. The second kappa shape index (κ2) is 6.22. The Morgan fingerprint density at radius 1 is 1.30 bits per heavy atom. The highest BCUT2D eigenvalue weighted by Crippen LogP contribution is 2.25. The summed E-state index contributed by atoms with van der Waals surface area (Å²) in [6.45, 7) is 2.04. The van der Waals surface area contributed by atoms with Crippen LogP contribution in [0, 0.1) is 0 Å². The molecule has 0 aliphatic carbocycles. The molecule has 0 radical (unpaired) electrons. The first-order valence-electron chi connectivity index (χ1n) is 7.04. The molecule has 0 saturated heterocycles. The SMILES string of the molecule is CCOC(=O)c1ccn2c(C=O)c(-c3ccc(Cl)cc3)nc2c1. The van der Waals surface area contributed by atoms with Crippen LogP contribution in [0.5, 0.6) is 0 Å². The first-order chi connectivity index (χ1) is 11.1.